The molecule has 2 aromatic carbocycles. The van der Waals surface area contributed by atoms with Gasteiger partial charge in [-0.3, -0.25) is 19.4 Å². The van der Waals surface area contributed by atoms with Crippen molar-refractivity contribution in [2.45, 2.75) is 12.7 Å². The summed E-state index contributed by atoms with van der Waals surface area (Å²) in [6.07, 6.45) is -4.04. The van der Waals surface area contributed by atoms with Crippen LogP contribution in [0.2, 0.25) is 0 Å². The number of hydrogen-bond donors (Lipinski definition) is 3. The molecular weight excluding hydrogens is 559 g/mol. The van der Waals surface area contributed by atoms with Crippen molar-refractivity contribution < 1.29 is 18.0 Å². The van der Waals surface area contributed by atoms with Crippen molar-refractivity contribution in [3.05, 3.63) is 81.8 Å². The minimum Gasteiger partial charge on any atom is -0.367 e. The van der Waals surface area contributed by atoms with Gasteiger partial charge in [0.2, 0.25) is 5.56 Å². The second-order valence-electron chi connectivity index (χ2n) is 11.2. The smallest absolute Gasteiger partial charge is 0.367 e. The number of halogens is 3. The molecule has 0 atom stereocenters. The van der Waals surface area contributed by atoms with Gasteiger partial charge in [-0.1, -0.05) is 24.3 Å². The van der Waals surface area contributed by atoms with Crippen LogP contribution in [0.15, 0.2) is 59.5 Å². The number of benzene rings is 2. The number of nitrogens with two attached hydrogens (primary N) is 1. The number of H-pyrrole nitrogens is 1. The Balaban J connectivity index is 1.42. The first-order valence-corrected chi connectivity index (χ1v) is 14.5. The molecule has 2 aliphatic rings. The number of aromatic nitrogens is 1. The molecule has 230 valence electrons. The second-order valence-corrected chi connectivity index (χ2v) is 11.2. The number of aromatic amines is 1. The third-order valence-corrected chi connectivity index (χ3v) is 8.14. The van der Waals surface area contributed by atoms with Crippen molar-refractivity contribution in [1.82, 2.24) is 19.7 Å². The summed E-state index contributed by atoms with van der Waals surface area (Å²) in [7, 11) is 2.03. The molecular formula is C31H38F3N7O2. The maximum atomic E-state index is 13.7. The van der Waals surface area contributed by atoms with Crippen LogP contribution in [0.5, 0.6) is 0 Å². The Labute approximate surface area is 249 Å². The van der Waals surface area contributed by atoms with Gasteiger partial charge in [-0.2, -0.15) is 13.2 Å². The normalized spacial score (nSPS) is 17.3. The fourth-order valence-electron chi connectivity index (χ4n) is 5.68. The molecule has 43 heavy (non-hydrogen) atoms. The number of amides is 1. The number of anilines is 2. The van der Waals surface area contributed by atoms with E-state index < -0.39 is 28.8 Å². The molecule has 0 aliphatic carbocycles. The average Bonchev–Trinajstić information content (AvgIpc) is 2.98. The third-order valence-electron chi connectivity index (χ3n) is 8.14. The molecule has 0 saturated carbocycles. The summed E-state index contributed by atoms with van der Waals surface area (Å²) >= 11 is 0. The number of nitrogens with one attached hydrogen (secondary N) is 2. The third kappa shape index (κ3) is 7.63. The van der Waals surface area contributed by atoms with Crippen LogP contribution >= 0.6 is 0 Å². The minimum atomic E-state index is -4.86. The van der Waals surface area contributed by atoms with Gasteiger partial charge in [0, 0.05) is 84.3 Å². The van der Waals surface area contributed by atoms with Gasteiger partial charge >= 0.3 is 6.18 Å². The van der Waals surface area contributed by atoms with Gasteiger partial charge in [-0.05, 0) is 41.9 Å². The summed E-state index contributed by atoms with van der Waals surface area (Å²) in [6.45, 7) is 9.32. The van der Waals surface area contributed by atoms with E-state index in [1.165, 1.54) is 0 Å². The van der Waals surface area contributed by atoms with Crippen LogP contribution < -0.4 is 21.5 Å². The van der Waals surface area contributed by atoms with Crippen molar-refractivity contribution in [1.29, 1.82) is 0 Å². The summed E-state index contributed by atoms with van der Waals surface area (Å²) in [5.41, 5.74) is 6.93. The topological polar surface area (TPSA) is 101 Å². The van der Waals surface area contributed by atoms with E-state index in [0.29, 0.717) is 31.4 Å². The fraction of sp³-hybridized carbons (Fsp3) is 0.419. The molecule has 0 spiro atoms. The quantitative estimate of drug-likeness (QED) is 0.367. The maximum absolute atomic E-state index is 13.7. The van der Waals surface area contributed by atoms with Gasteiger partial charge in [-0.25, -0.2) is 0 Å². The Kier molecular flexibility index (Phi) is 9.50. The zero-order valence-electron chi connectivity index (χ0n) is 24.3. The van der Waals surface area contributed by atoms with Gasteiger partial charge in [0.1, 0.15) is 0 Å². The number of piperazine rings is 2. The maximum Gasteiger partial charge on any atom is 0.417 e. The van der Waals surface area contributed by atoms with Crippen LogP contribution in [0.1, 0.15) is 21.5 Å². The number of rotatable bonds is 8. The molecule has 1 amide bonds. The lowest BCUT2D eigenvalue weighted by Gasteiger charge is -2.35. The van der Waals surface area contributed by atoms with Crippen LogP contribution in [-0.4, -0.2) is 98.1 Å². The van der Waals surface area contributed by atoms with Crippen molar-refractivity contribution >= 4 is 17.3 Å². The number of carbonyl (C=O) groups is 1. The molecule has 0 bridgehead atoms. The molecule has 0 radical (unpaired) electrons. The summed E-state index contributed by atoms with van der Waals surface area (Å²) in [5.74, 6) is -0.946. The van der Waals surface area contributed by atoms with E-state index in [1.807, 2.05) is 37.4 Å². The van der Waals surface area contributed by atoms with E-state index in [4.69, 9.17) is 5.73 Å². The zero-order valence-corrected chi connectivity index (χ0v) is 24.3. The lowest BCUT2D eigenvalue weighted by Crippen LogP contribution is -2.47. The molecule has 2 aliphatic heterocycles. The van der Waals surface area contributed by atoms with E-state index in [1.54, 1.807) is 0 Å². The molecule has 0 unspecified atom stereocenters. The Bertz CT molecular complexity index is 1480. The Morgan fingerprint density at radius 3 is 2.33 bits per heavy atom. The predicted octanol–water partition coefficient (Wildman–Crippen LogP) is 3.14. The van der Waals surface area contributed by atoms with Crippen molar-refractivity contribution in [2.75, 3.05) is 82.7 Å². The predicted molar refractivity (Wildman–Crippen MR) is 162 cm³/mol. The molecule has 2 saturated heterocycles. The van der Waals surface area contributed by atoms with Crippen LogP contribution in [-0.2, 0) is 12.7 Å². The number of pyridine rings is 1. The summed E-state index contributed by atoms with van der Waals surface area (Å²) < 4.78 is 41.2. The molecule has 4 N–H and O–H groups in total. The molecule has 5 rings (SSSR count). The van der Waals surface area contributed by atoms with E-state index in [0.717, 1.165) is 80.9 Å². The molecule has 12 heteroatoms. The van der Waals surface area contributed by atoms with E-state index in [9.17, 15) is 22.8 Å². The van der Waals surface area contributed by atoms with E-state index in [2.05, 4.69) is 42.0 Å². The number of hydrogen-bond acceptors (Lipinski definition) is 7. The number of nitrogens with zero attached hydrogens (tertiary/aromatic N) is 4. The fourth-order valence-corrected chi connectivity index (χ4v) is 5.68. The highest BCUT2D eigenvalue weighted by Crippen LogP contribution is 2.35. The SMILES string of the molecule is CN1CCN(c2ccc(-c3cccc(CN4CCN(CCN)CC4)c3)cc2NC(=O)c2c[nH]c(=O)cc2C(F)(F)F)CC1. The van der Waals surface area contributed by atoms with Gasteiger partial charge in [-0.15, -0.1) is 0 Å². The van der Waals surface area contributed by atoms with Gasteiger partial charge in [0.25, 0.3) is 5.91 Å². The largest absolute Gasteiger partial charge is 0.417 e. The second kappa shape index (κ2) is 13.3. The first kappa shape index (κ1) is 30.7. The van der Waals surface area contributed by atoms with Crippen LogP contribution in [0.25, 0.3) is 11.1 Å². The lowest BCUT2D eigenvalue weighted by molar-refractivity contribution is -0.138. The molecule has 3 heterocycles. The Morgan fingerprint density at radius 1 is 0.930 bits per heavy atom. The van der Waals surface area contributed by atoms with Crippen molar-refractivity contribution in [3.8, 4) is 11.1 Å². The highest BCUT2D eigenvalue weighted by molar-refractivity contribution is 6.07. The molecule has 1 aromatic heterocycles. The summed E-state index contributed by atoms with van der Waals surface area (Å²) in [4.78, 5) is 36.2. The first-order valence-electron chi connectivity index (χ1n) is 14.5. The number of alkyl halides is 3. The Morgan fingerprint density at radius 2 is 1.63 bits per heavy atom. The summed E-state index contributed by atoms with van der Waals surface area (Å²) in [6, 6.07) is 14.3. The highest BCUT2D eigenvalue weighted by Gasteiger charge is 2.36. The van der Waals surface area contributed by atoms with Gasteiger partial charge < -0.3 is 25.8 Å². The monoisotopic (exact) mass is 597 g/mol. The van der Waals surface area contributed by atoms with Crippen LogP contribution in [0.4, 0.5) is 24.5 Å². The first-order chi connectivity index (χ1) is 20.6. The number of carbonyl (C=O) groups excluding carboxylic acids is 1. The highest BCUT2D eigenvalue weighted by atomic mass is 19.4. The molecule has 2 fully saturated rings. The minimum absolute atomic E-state index is 0.410. The zero-order chi connectivity index (χ0) is 30.6. The molecule has 3 aromatic rings. The van der Waals surface area contributed by atoms with Crippen LogP contribution in [0, 0.1) is 0 Å². The Hall–Kier alpha value is -3.71. The standard InChI is InChI=1S/C31H38F3N7O2/c1-38-9-15-41(16-10-38)28-6-5-24(18-27(28)37-30(43)25-20-36-29(42)19-26(25)31(32,33)34)23-4-2-3-22(17-23)21-40-13-11-39(8-7-35)12-14-40/h2-6,17-20H,7-16,21,35H2,1H3,(H,36,42)(H,37,43). The van der Waals surface area contributed by atoms with Gasteiger partial charge in [0.15, 0.2) is 0 Å². The van der Waals surface area contributed by atoms with Gasteiger partial charge in [0.05, 0.1) is 22.5 Å². The van der Waals surface area contributed by atoms with Crippen molar-refractivity contribution in [2.24, 2.45) is 5.73 Å². The van der Waals surface area contributed by atoms with E-state index >= 15 is 0 Å². The molecule has 9 nitrogen and oxygen atoms in total. The van der Waals surface area contributed by atoms with E-state index in [-0.39, 0.29) is 0 Å². The summed E-state index contributed by atoms with van der Waals surface area (Å²) in [5, 5.41) is 2.73. The number of likely N-dealkylation sites (N-methyl/N-ethyl adjacent to an activating group) is 1. The average molecular weight is 598 g/mol. The lowest BCUT2D eigenvalue weighted by atomic mass is 10.0. The van der Waals surface area contributed by atoms with Crippen molar-refractivity contribution in [3.63, 3.8) is 0 Å². The van der Waals surface area contributed by atoms with Crippen LogP contribution in [0.3, 0.4) is 0 Å².